The van der Waals surface area contributed by atoms with E-state index in [2.05, 4.69) is 4.98 Å². The molecule has 1 aromatic carbocycles. The van der Waals surface area contributed by atoms with Crippen molar-refractivity contribution in [2.24, 2.45) is 0 Å². The maximum atomic E-state index is 12.1. The molecule has 0 fully saturated rings. The van der Waals surface area contributed by atoms with E-state index >= 15 is 0 Å². The number of aromatic nitrogens is 1. The van der Waals surface area contributed by atoms with Gasteiger partial charge in [0.1, 0.15) is 11.5 Å². The van der Waals surface area contributed by atoms with Crippen molar-refractivity contribution in [3.05, 3.63) is 67.5 Å². The number of furan rings is 1. The number of nitrogens with one attached hydrogen (secondary N) is 1. The average molecular weight is 357 g/mol. The van der Waals surface area contributed by atoms with E-state index in [0.717, 1.165) is 5.56 Å². The van der Waals surface area contributed by atoms with E-state index in [1.807, 2.05) is 0 Å². The molecule has 7 heteroatoms. The van der Waals surface area contributed by atoms with Crippen LogP contribution in [0.2, 0.25) is 0 Å². The average Bonchev–Trinajstić information content (AvgIpc) is 3.26. The molecule has 0 unspecified atom stereocenters. The molecule has 0 saturated heterocycles. The molecule has 0 aliphatic rings. The van der Waals surface area contributed by atoms with Crippen LogP contribution in [0.25, 0.3) is 12.2 Å². The van der Waals surface area contributed by atoms with Gasteiger partial charge in [-0.2, -0.15) is 0 Å². The second kappa shape index (κ2) is 7.23. The summed E-state index contributed by atoms with van der Waals surface area (Å²) in [6.07, 6.45) is 4.47. The lowest BCUT2D eigenvalue weighted by Crippen LogP contribution is -2.20. The third kappa shape index (κ3) is 3.72. The lowest BCUT2D eigenvalue weighted by molar-refractivity contribution is 0.103. The van der Waals surface area contributed by atoms with Crippen molar-refractivity contribution in [2.75, 3.05) is 14.2 Å². The minimum atomic E-state index is -0.309. The summed E-state index contributed by atoms with van der Waals surface area (Å²) in [5.74, 6) is 1.16. The number of ketones is 1. The van der Waals surface area contributed by atoms with Gasteiger partial charge in [0.05, 0.1) is 29.7 Å². The number of methoxy groups -OCH3 is 2. The van der Waals surface area contributed by atoms with Crippen LogP contribution < -0.4 is 24.2 Å². The Morgan fingerprint density at radius 1 is 1.24 bits per heavy atom. The molecule has 0 atom stereocenters. The molecule has 0 bridgehead atoms. The highest BCUT2D eigenvalue weighted by atomic mass is 32.1. The highest BCUT2D eigenvalue weighted by molar-refractivity contribution is 7.07. The van der Waals surface area contributed by atoms with Crippen molar-refractivity contribution in [3.63, 3.8) is 0 Å². The SMILES string of the molecule is COc1ccc(/C=c2\s/c(=C\C(=O)c3ccco3)[nH]c2=O)c(OC)c1. The van der Waals surface area contributed by atoms with Crippen molar-refractivity contribution >= 4 is 29.3 Å². The van der Waals surface area contributed by atoms with Gasteiger partial charge in [-0.1, -0.05) is 0 Å². The molecule has 2 heterocycles. The number of ether oxygens (including phenoxy) is 2. The second-order valence-corrected chi connectivity index (χ2v) is 6.11. The molecule has 1 N–H and O–H groups in total. The van der Waals surface area contributed by atoms with Gasteiger partial charge in [0.2, 0.25) is 5.78 Å². The fraction of sp³-hybridized carbons (Fsp3) is 0.111. The van der Waals surface area contributed by atoms with E-state index in [1.165, 1.54) is 23.7 Å². The summed E-state index contributed by atoms with van der Waals surface area (Å²) in [4.78, 5) is 26.8. The number of thiazole rings is 1. The Labute approximate surface area is 146 Å². The van der Waals surface area contributed by atoms with Crippen LogP contribution in [0.4, 0.5) is 0 Å². The van der Waals surface area contributed by atoms with E-state index in [1.54, 1.807) is 50.6 Å². The normalized spacial score (nSPS) is 12.4. The Bertz CT molecular complexity index is 1060. The van der Waals surface area contributed by atoms with E-state index in [-0.39, 0.29) is 17.1 Å². The van der Waals surface area contributed by atoms with Gasteiger partial charge in [0, 0.05) is 17.7 Å². The number of hydrogen-bond acceptors (Lipinski definition) is 6. The summed E-state index contributed by atoms with van der Waals surface area (Å²) in [6.45, 7) is 0. The second-order valence-electron chi connectivity index (χ2n) is 5.02. The van der Waals surface area contributed by atoms with Crippen LogP contribution in [0.3, 0.4) is 0 Å². The first-order valence-corrected chi connectivity index (χ1v) is 8.15. The van der Waals surface area contributed by atoms with Crippen LogP contribution in [0.15, 0.2) is 45.8 Å². The van der Waals surface area contributed by atoms with Crippen LogP contribution in [0, 0.1) is 0 Å². The van der Waals surface area contributed by atoms with Crippen molar-refractivity contribution in [3.8, 4) is 11.5 Å². The third-order valence-corrected chi connectivity index (χ3v) is 4.40. The Morgan fingerprint density at radius 2 is 2.08 bits per heavy atom. The first-order valence-electron chi connectivity index (χ1n) is 7.33. The Balaban J connectivity index is 2.02. The number of hydrogen-bond donors (Lipinski definition) is 1. The molecule has 3 rings (SSSR count). The van der Waals surface area contributed by atoms with Gasteiger partial charge in [-0.05, 0) is 30.3 Å². The summed E-state index contributed by atoms with van der Waals surface area (Å²) in [5.41, 5.74) is 0.459. The van der Waals surface area contributed by atoms with Gasteiger partial charge >= 0.3 is 0 Å². The van der Waals surface area contributed by atoms with Crippen LogP contribution in [0.5, 0.6) is 11.5 Å². The zero-order valence-corrected chi connectivity index (χ0v) is 14.4. The van der Waals surface area contributed by atoms with Crippen LogP contribution in [0.1, 0.15) is 16.1 Å². The summed E-state index contributed by atoms with van der Waals surface area (Å²) in [6, 6.07) is 8.52. The minimum absolute atomic E-state index is 0.219. The predicted octanol–water partition coefficient (Wildman–Crippen LogP) is 1.54. The maximum absolute atomic E-state index is 12.1. The Kier molecular flexibility index (Phi) is 4.85. The van der Waals surface area contributed by atoms with E-state index < -0.39 is 0 Å². The summed E-state index contributed by atoms with van der Waals surface area (Å²) in [7, 11) is 3.12. The molecule has 0 saturated carbocycles. The van der Waals surface area contributed by atoms with E-state index in [4.69, 9.17) is 13.9 Å². The lowest BCUT2D eigenvalue weighted by Gasteiger charge is -2.06. The molecule has 128 valence electrons. The molecule has 25 heavy (non-hydrogen) atoms. The number of H-pyrrole nitrogens is 1. The van der Waals surface area contributed by atoms with Crippen LogP contribution >= 0.6 is 11.3 Å². The van der Waals surface area contributed by atoms with Gasteiger partial charge in [0.25, 0.3) is 5.56 Å². The van der Waals surface area contributed by atoms with E-state index in [9.17, 15) is 9.59 Å². The molecule has 6 nitrogen and oxygen atoms in total. The van der Waals surface area contributed by atoms with Crippen molar-refractivity contribution in [2.45, 2.75) is 0 Å². The maximum Gasteiger partial charge on any atom is 0.266 e. The predicted molar refractivity (Wildman–Crippen MR) is 94.8 cm³/mol. The molecule has 0 spiro atoms. The van der Waals surface area contributed by atoms with Crippen LogP contribution in [-0.4, -0.2) is 25.0 Å². The number of rotatable bonds is 5. The van der Waals surface area contributed by atoms with Crippen molar-refractivity contribution in [1.29, 1.82) is 0 Å². The quantitative estimate of drug-likeness (QED) is 0.701. The fourth-order valence-corrected chi connectivity index (χ4v) is 3.09. The van der Waals surface area contributed by atoms with Gasteiger partial charge in [0.15, 0.2) is 5.76 Å². The summed E-state index contributed by atoms with van der Waals surface area (Å²) < 4.78 is 16.4. The number of carbonyl (C=O) groups excluding carboxylic acids is 1. The van der Waals surface area contributed by atoms with Gasteiger partial charge in [-0.15, -0.1) is 11.3 Å². The first kappa shape index (κ1) is 16.8. The van der Waals surface area contributed by atoms with E-state index in [0.29, 0.717) is 20.7 Å². The first-order chi connectivity index (χ1) is 12.1. The number of aromatic amines is 1. The number of Topliss-reactive ketones (excluding diaryl/α,β-unsaturated/α-hetero) is 1. The Hall–Kier alpha value is -3.06. The zero-order chi connectivity index (χ0) is 17.8. The molecular weight excluding hydrogens is 342 g/mol. The summed E-state index contributed by atoms with van der Waals surface area (Å²) >= 11 is 1.18. The molecule has 0 aliphatic carbocycles. The fourth-order valence-electron chi connectivity index (χ4n) is 2.21. The smallest absolute Gasteiger partial charge is 0.266 e. The molecule has 3 aromatic rings. The van der Waals surface area contributed by atoms with Gasteiger partial charge < -0.3 is 18.9 Å². The van der Waals surface area contributed by atoms with Crippen LogP contribution in [-0.2, 0) is 0 Å². The largest absolute Gasteiger partial charge is 0.497 e. The molecular formula is C18H15NO5S. The molecule has 0 radical (unpaired) electrons. The number of benzene rings is 1. The minimum Gasteiger partial charge on any atom is -0.497 e. The summed E-state index contributed by atoms with van der Waals surface area (Å²) in [5, 5.41) is 0. The lowest BCUT2D eigenvalue weighted by atomic mass is 10.2. The van der Waals surface area contributed by atoms with Gasteiger partial charge in [-0.25, -0.2) is 0 Å². The molecule has 0 aliphatic heterocycles. The van der Waals surface area contributed by atoms with Gasteiger partial charge in [-0.3, -0.25) is 9.59 Å². The topological polar surface area (TPSA) is 81.5 Å². The molecule has 2 aromatic heterocycles. The zero-order valence-electron chi connectivity index (χ0n) is 13.6. The standard InChI is InChI=1S/C18H15NO5S/c1-22-12-6-5-11(15(9-12)23-2)8-16-18(21)19-17(25-16)10-13(20)14-4-3-7-24-14/h3-10H,1-2H3,(H,19,21)/b16-8-,17-10-. The monoisotopic (exact) mass is 357 g/mol. The van der Waals surface area contributed by atoms with Crippen molar-refractivity contribution < 1.29 is 18.7 Å². The third-order valence-electron chi connectivity index (χ3n) is 3.43. The number of carbonyl (C=O) groups is 1. The highest BCUT2D eigenvalue weighted by Crippen LogP contribution is 2.24. The highest BCUT2D eigenvalue weighted by Gasteiger charge is 2.07. The molecule has 0 amide bonds. The Morgan fingerprint density at radius 3 is 2.76 bits per heavy atom. The van der Waals surface area contributed by atoms with Crippen molar-refractivity contribution in [1.82, 2.24) is 4.98 Å².